The van der Waals surface area contributed by atoms with E-state index in [1.165, 1.54) is 6.20 Å². The highest BCUT2D eigenvalue weighted by atomic mass is 35.5. The third-order valence-electron chi connectivity index (χ3n) is 3.56. The lowest BCUT2D eigenvalue weighted by Gasteiger charge is -2.13. The molecule has 0 saturated carbocycles. The standard InChI is InChI=1S/C11H12ClN5.C5H9FO/c1-6(2)3-8-7(4-13)10(12)9-5-15-11(14)16-17(8)9;6-5-2-1-3-7-4-5/h5-6H,3H2,1-2H3,(H2,14,16);5H,1-4H2. The summed E-state index contributed by atoms with van der Waals surface area (Å²) >= 11 is 6.13. The molecule has 3 rings (SSSR count). The van der Waals surface area contributed by atoms with Crippen LogP contribution in [0.25, 0.3) is 5.52 Å². The molecule has 1 fully saturated rings. The summed E-state index contributed by atoms with van der Waals surface area (Å²) in [5, 5.41) is 13.7. The largest absolute Gasteiger partial charge is 0.378 e. The molecule has 0 radical (unpaired) electrons. The first kappa shape index (κ1) is 18.4. The molecule has 2 aromatic heterocycles. The number of fused-ring (bicyclic) bond motifs is 1. The van der Waals surface area contributed by atoms with E-state index < -0.39 is 6.17 Å². The summed E-state index contributed by atoms with van der Waals surface area (Å²) < 4.78 is 18.5. The number of ether oxygens (including phenoxy) is 1. The van der Waals surface area contributed by atoms with Crippen LogP contribution in [0.5, 0.6) is 0 Å². The molecule has 2 aromatic rings. The van der Waals surface area contributed by atoms with E-state index in [0.29, 0.717) is 41.5 Å². The highest BCUT2D eigenvalue weighted by molar-refractivity contribution is 6.35. The Morgan fingerprint density at radius 3 is 2.83 bits per heavy atom. The normalized spacial score (nSPS) is 17.4. The van der Waals surface area contributed by atoms with Crippen molar-refractivity contribution in [3.05, 3.63) is 22.5 Å². The molecule has 3 heterocycles. The Hall–Kier alpha value is -1.91. The second-order valence-electron chi connectivity index (χ2n) is 6.07. The van der Waals surface area contributed by atoms with Crippen molar-refractivity contribution >= 4 is 23.1 Å². The Labute approximate surface area is 145 Å². The quantitative estimate of drug-likeness (QED) is 0.895. The number of rotatable bonds is 2. The number of nitriles is 1. The van der Waals surface area contributed by atoms with E-state index >= 15 is 0 Å². The van der Waals surface area contributed by atoms with Crippen molar-refractivity contribution in [2.24, 2.45) is 5.92 Å². The lowest BCUT2D eigenvalue weighted by molar-refractivity contribution is 0.0366. The number of hydrogen-bond donors (Lipinski definition) is 1. The van der Waals surface area contributed by atoms with Gasteiger partial charge in [-0.15, -0.1) is 5.10 Å². The Morgan fingerprint density at radius 1 is 1.58 bits per heavy atom. The Balaban J connectivity index is 0.000000249. The maximum absolute atomic E-state index is 12.1. The zero-order chi connectivity index (χ0) is 17.7. The van der Waals surface area contributed by atoms with Gasteiger partial charge in [0.2, 0.25) is 5.95 Å². The van der Waals surface area contributed by atoms with Gasteiger partial charge >= 0.3 is 0 Å². The van der Waals surface area contributed by atoms with Crippen LogP contribution in [-0.4, -0.2) is 34.0 Å². The number of nitrogen functional groups attached to an aromatic ring is 1. The van der Waals surface area contributed by atoms with Crippen LogP contribution >= 0.6 is 11.6 Å². The molecule has 130 valence electrons. The van der Waals surface area contributed by atoms with Gasteiger partial charge in [-0.2, -0.15) is 5.26 Å². The summed E-state index contributed by atoms with van der Waals surface area (Å²) in [5.41, 5.74) is 7.42. The smallest absolute Gasteiger partial charge is 0.238 e. The van der Waals surface area contributed by atoms with Crippen molar-refractivity contribution < 1.29 is 9.13 Å². The molecule has 1 atom stereocenters. The number of hydrogen-bond acceptors (Lipinski definition) is 5. The summed E-state index contributed by atoms with van der Waals surface area (Å²) in [5.74, 6) is 0.561. The van der Waals surface area contributed by atoms with E-state index in [9.17, 15) is 4.39 Å². The number of halogens is 2. The van der Waals surface area contributed by atoms with Crippen LogP contribution in [0.3, 0.4) is 0 Å². The summed E-state index contributed by atoms with van der Waals surface area (Å²) in [4.78, 5) is 3.89. The van der Waals surface area contributed by atoms with Crippen molar-refractivity contribution in [1.82, 2.24) is 14.6 Å². The van der Waals surface area contributed by atoms with E-state index in [-0.39, 0.29) is 5.95 Å². The third-order valence-corrected chi connectivity index (χ3v) is 3.94. The maximum Gasteiger partial charge on any atom is 0.238 e. The molecule has 0 aliphatic carbocycles. The second kappa shape index (κ2) is 8.27. The molecule has 1 unspecified atom stereocenters. The fraction of sp³-hybridized carbons (Fsp3) is 0.562. The Kier molecular flexibility index (Phi) is 6.35. The molecule has 1 aliphatic rings. The van der Waals surface area contributed by atoms with Crippen LogP contribution in [0.2, 0.25) is 5.02 Å². The van der Waals surface area contributed by atoms with Gasteiger partial charge in [0.25, 0.3) is 0 Å². The Morgan fingerprint density at radius 2 is 2.33 bits per heavy atom. The van der Waals surface area contributed by atoms with Gasteiger partial charge in [0.15, 0.2) is 0 Å². The molecule has 24 heavy (non-hydrogen) atoms. The second-order valence-corrected chi connectivity index (χ2v) is 6.45. The minimum atomic E-state index is -0.686. The van der Waals surface area contributed by atoms with Crippen LogP contribution in [0.4, 0.5) is 10.3 Å². The molecule has 2 N–H and O–H groups in total. The van der Waals surface area contributed by atoms with Crippen molar-refractivity contribution in [3.8, 4) is 6.07 Å². The predicted molar refractivity (Wildman–Crippen MR) is 90.6 cm³/mol. The average Bonchev–Trinajstić information content (AvgIpc) is 2.79. The van der Waals surface area contributed by atoms with Gasteiger partial charge in [-0.1, -0.05) is 25.4 Å². The van der Waals surface area contributed by atoms with Crippen LogP contribution in [0.15, 0.2) is 6.20 Å². The highest BCUT2D eigenvalue weighted by Gasteiger charge is 2.19. The van der Waals surface area contributed by atoms with Gasteiger partial charge in [0, 0.05) is 6.61 Å². The molecule has 0 bridgehead atoms. The van der Waals surface area contributed by atoms with Crippen molar-refractivity contribution in [1.29, 1.82) is 5.26 Å². The molecular weight excluding hydrogens is 333 g/mol. The van der Waals surface area contributed by atoms with Gasteiger partial charge in [-0.3, -0.25) is 0 Å². The summed E-state index contributed by atoms with van der Waals surface area (Å²) in [6, 6.07) is 2.12. The van der Waals surface area contributed by atoms with E-state index in [1.807, 2.05) is 0 Å². The number of nitrogens with two attached hydrogens (primary N) is 1. The first-order valence-electron chi connectivity index (χ1n) is 7.87. The van der Waals surface area contributed by atoms with Crippen LogP contribution < -0.4 is 5.73 Å². The first-order chi connectivity index (χ1) is 11.4. The van der Waals surface area contributed by atoms with Gasteiger partial charge in [0.05, 0.1) is 29.1 Å². The van der Waals surface area contributed by atoms with Crippen molar-refractivity contribution in [3.63, 3.8) is 0 Å². The van der Waals surface area contributed by atoms with Gasteiger partial charge in [0.1, 0.15) is 17.8 Å². The van der Waals surface area contributed by atoms with Crippen molar-refractivity contribution in [2.45, 2.75) is 39.3 Å². The monoisotopic (exact) mass is 353 g/mol. The lowest BCUT2D eigenvalue weighted by Crippen LogP contribution is -2.17. The van der Waals surface area contributed by atoms with E-state index in [4.69, 9.17) is 27.3 Å². The topological polar surface area (TPSA) is 89.2 Å². The van der Waals surface area contributed by atoms with Crippen LogP contribution in [-0.2, 0) is 11.2 Å². The van der Waals surface area contributed by atoms with Crippen LogP contribution in [0, 0.1) is 17.2 Å². The lowest BCUT2D eigenvalue weighted by atomic mass is 10.1. The average molecular weight is 354 g/mol. The highest BCUT2D eigenvalue weighted by Crippen LogP contribution is 2.28. The SMILES string of the molecule is CC(C)Cc1c(C#N)c(Cl)c2cnc(N)nn12.FC1CCCOC1. The summed E-state index contributed by atoms with van der Waals surface area (Å²) in [6.45, 7) is 5.21. The van der Waals surface area contributed by atoms with Crippen LogP contribution in [0.1, 0.15) is 37.9 Å². The van der Waals surface area contributed by atoms with E-state index in [2.05, 4.69) is 30.0 Å². The van der Waals surface area contributed by atoms with Crippen molar-refractivity contribution in [2.75, 3.05) is 18.9 Å². The number of anilines is 1. The zero-order valence-corrected chi connectivity index (χ0v) is 14.6. The summed E-state index contributed by atoms with van der Waals surface area (Å²) in [6.07, 6.45) is 3.15. The predicted octanol–water partition coefficient (Wildman–Crippen LogP) is 3.17. The number of nitrogens with zero attached hydrogens (tertiary/aromatic N) is 4. The van der Waals surface area contributed by atoms with Gasteiger partial charge < -0.3 is 10.5 Å². The van der Waals surface area contributed by atoms with E-state index in [0.717, 1.165) is 18.7 Å². The molecule has 1 aliphatic heterocycles. The minimum absolute atomic E-state index is 0.165. The zero-order valence-electron chi connectivity index (χ0n) is 13.8. The third kappa shape index (κ3) is 4.34. The molecule has 0 spiro atoms. The molecule has 0 amide bonds. The number of alkyl halides is 1. The maximum atomic E-state index is 12.1. The molecule has 8 heteroatoms. The molecule has 1 saturated heterocycles. The fourth-order valence-corrected chi connectivity index (χ4v) is 2.75. The first-order valence-corrected chi connectivity index (χ1v) is 8.25. The van der Waals surface area contributed by atoms with Gasteiger partial charge in [-0.05, 0) is 25.2 Å². The van der Waals surface area contributed by atoms with Gasteiger partial charge in [-0.25, -0.2) is 13.9 Å². The Bertz CT molecular complexity index is 734. The minimum Gasteiger partial charge on any atom is -0.378 e. The van der Waals surface area contributed by atoms with E-state index in [1.54, 1.807) is 4.52 Å². The molecule has 0 aromatic carbocycles. The molecule has 6 nitrogen and oxygen atoms in total. The summed E-state index contributed by atoms with van der Waals surface area (Å²) in [7, 11) is 0. The number of aromatic nitrogens is 3. The fourth-order valence-electron chi connectivity index (χ4n) is 2.47. The molecular formula is C16H21ClFN5O.